The molecular weight excluding hydrogens is 331 g/mol. The standard InChI is InChI=1S/C14H18F3N3O4/c1-2-18-13(23)20-12(22)8-19-11-4-3-9(24-6-5-21)7-10(11)14(15,16)17/h3-4,7,19,21H,2,5-6,8H2,1H3,(H2,18,20,22,23). The molecule has 10 heteroatoms. The van der Waals surface area contributed by atoms with Crippen LogP contribution in [0.1, 0.15) is 12.5 Å². The Bertz CT molecular complexity index is 579. The quantitative estimate of drug-likeness (QED) is 0.595. The van der Waals surface area contributed by atoms with E-state index in [1.54, 1.807) is 6.92 Å². The van der Waals surface area contributed by atoms with Gasteiger partial charge in [0.1, 0.15) is 12.4 Å². The molecule has 0 fully saturated rings. The number of benzene rings is 1. The minimum absolute atomic E-state index is 0.0614. The number of hydrogen-bond acceptors (Lipinski definition) is 5. The second kappa shape index (κ2) is 8.96. The van der Waals surface area contributed by atoms with E-state index in [2.05, 4.69) is 10.6 Å². The third-order valence-electron chi connectivity index (χ3n) is 2.69. The Morgan fingerprint density at radius 3 is 2.58 bits per heavy atom. The first-order valence-electron chi connectivity index (χ1n) is 7.04. The molecule has 0 atom stereocenters. The van der Waals surface area contributed by atoms with Gasteiger partial charge in [0.25, 0.3) is 0 Å². The summed E-state index contributed by atoms with van der Waals surface area (Å²) in [6, 6.07) is 2.41. The van der Waals surface area contributed by atoms with Crippen LogP contribution in [0.15, 0.2) is 18.2 Å². The maximum atomic E-state index is 13.1. The van der Waals surface area contributed by atoms with E-state index in [-0.39, 0.29) is 24.7 Å². The van der Waals surface area contributed by atoms with Gasteiger partial charge in [0.05, 0.1) is 18.7 Å². The monoisotopic (exact) mass is 349 g/mol. The molecule has 0 bridgehead atoms. The average Bonchev–Trinajstić information content (AvgIpc) is 2.50. The van der Waals surface area contributed by atoms with Gasteiger partial charge in [0.15, 0.2) is 0 Å². The van der Waals surface area contributed by atoms with Crippen LogP contribution in [0.3, 0.4) is 0 Å². The lowest BCUT2D eigenvalue weighted by molar-refractivity contribution is -0.137. The Kier molecular flexibility index (Phi) is 7.31. The molecule has 0 aliphatic rings. The molecule has 1 rings (SSSR count). The molecule has 0 saturated carbocycles. The molecule has 4 N–H and O–H groups in total. The molecule has 1 aromatic rings. The predicted octanol–water partition coefficient (Wildman–Crippen LogP) is 1.33. The Balaban J connectivity index is 2.79. The normalized spacial score (nSPS) is 10.9. The Labute approximate surface area is 136 Å². The molecule has 0 heterocycles. The fourth-order valence-electron chi connectivity index (χ4n) is 1.72. The summed E-state index contributed by atoms with van der Waals surface area (Å²) in [5.74, 6) is -0.844. The third-order valence-corrected chi connectivity index (χ3v) is 2.69. The highest BCUT2D eigenvalue weighted by Gasteiger charge is 2.34. The van der Waals surface area contributed by atoms with Crippen molar-refractivity contribution in [2.45, 2.75) is 13.1 Å². The first-order valence-corrected chi connectivity index (χ1v) is 7.04. The number of aliphatic hydroxyl groups is 1. The van der Waals surface area contributed by atoms with Crippen molar-refractivity contribution in [2.75, 3.05) is 31.6 Å². The summed E-state index contributed by atoms with van der Waals surface area (Å²) < 4.78 is 44.2. The lowest BCUT2D eigenvalue weighted by atomic mass is 10.1. The largest absolute Gasteiger partial charge is 0.491 e. The first kappa shape index (κ1) is 19.6. The molecule has 0 aliphatic heterocycles. The molecule has 7 nitrogen and oxygen atoms in total. The number of alkyl halides is 3. The van der Waals surface area contributed by atoms with E-state index in [1.807, 2.05) is 5.32 Å². The topological polar surface area (TPSA) is 99.7 Å². The zero-order valence-electron chi connectivity index (χ0n) is 12.9. The minimum atomic E-state index is -4.67. The maximum absolute atomic E-state index is 13.1. The van der Waals surface area contributed by atoms with E-state index in [0.29, 0.717) is 6.54 Å². The zero-order valence-corrected chi connectivity index (χ0v) is 12.9. The maximum Gasteiger partial charge on any atom is 0.418 e. The van der Waals surface area contributed by atoms with Gasteiger partial charge in [-0.2, -0.15) is 13.2 Å². The van der Waals surface area contributed by atoms with Crippen LogP contribution in [0.4, 0.5) is 23.7 Å². The second-order valence-electron chi connectivity index (χ2n) is 4.54. The smallest absolute Gasteiger partial charge is 0.418 e. The number of imide groups is 1. The Morgan fingerprint density at radius 1 is 1.29 bits per heavy atom. The van der Waals surface area contributed by atoms with E-state index >= 15 is 0 Å². The minimum Gasteiger partial charge on any atom is -0.491 e. The van der Waals surface area contributed by atoms with Gasteiger partial charge in [-0.05, 0) is 25.1 Å². The number of carbonyl (C=O) groups excluding carboxylic acids is 2. The number of ether oxygens (including phenoxy) is 1. The van der Waals surface area contributed by atoms with Crippen molar-refractivity contribution in [1.82, 2.24) is 10.6 Å². The van der Waals surface area contributed by atoms with E-state index in [0.717, 1.165) is 12.1 Å². The van der Waals surface area contributed by atoms with Crippen molar-refractivity contribution in [3.8, 4) is 5.75 Å². The molecule has 24 heavy (non-hydrogen) atoms. The van der Waals surface area contributed by atoms with Gasteiger partial charge in [-0.1, -0.05) is 0 Å². The summed E-state index contributed by atoms with van der Waals surface area (Å²) >= 11 is 0. The summed E-state index contributed by atoms with van der Waals surface area (Å²) in [6.45, 7) is 0.968. The molecule has 0 unspecified atom stereocenters. The van der Waals surface area contributed by atoms with Crippen molar-refractivity contribution in [1.29, 1.82) is 0 Å². The van der Waals surface area contributed by atoms with E-state index in [9.17, 15) is 22.8 Å². The fourth-order valence-corrected chi connectivity index (χ4v) is 1.72. The van der Waals surface area contributed by atoms with Crippen molar-refractivity contribution >= 4 is 17.6 Å². The molecule has 0 aliphatic carbocycles. The highest BCUT2D eigenvalue weighted by Crippen LogP contribution is 2.37. The number of carbonyl (C=O) groups is 2. The highest BCUT2D eigenvalue weighted by molar-refractivity contribution is 5.96. The summed E-state index contributed by atoms with van der Waals surface area (Å²) in [6.07, 6.45) is -4.67. The van der Waals surface area contributed by atoms with Crippen LogP contribution in [0.5, 0.6) is 5.75 Å². The van der Waals surface area contributed by atoms with Crippen molar-refractivity contribution in [3.63, 3.8) is 0 Å². The number of hydrogen-bond donors (Lipinski definition) is 4. The summed E-state index contributed by atoms with van der Waals surface area (Å²) in [4.78, 5) is 22.7. The van der Waals surface area contributed by atoms with Gasteiger partial charge in [-0.25, -0.2) is 4.79 Å². The Hall–Kier alpha value is -2.49. The van der Waals surface area contributed by atoms with Gasteiger partial charge in [0, 0.05) is 12.2 Å². The molecule has 0 spiro atoms. The summed E-state index contributed by atoms with van der Waals surface area (Å²) in [5, 5.41) is 15.2. The SMILES string of the molecule is CCNC(=O)NC(=O)CNc1ccc(OCCO)cc1C(F)(F)F. The number of aliphatic hydroxyl groups excluding tert-OH is 1. The van der Waals surface area contributed by atoms with Crippen LogP contribution in [0.2, 0.25) is 0 Å². The van der Waals surface area contributed by atoms with Crippen LogP contribution in [0, 0.1) is 0 Å². The van der Waals surface area contributed by atoms with E-state index < -0.39 is 30.2 Å². The van der Waals surface area contributed by atoms with E-state index in [4.69, 9.17) is 9.84 Å². The van der Waals surface area contributed by atoms with Gasteiger partial charge in [0.2, 0.25) is 5.91 Å². The summed E-state index contributed by atoms with van der Waals surface area (Å²) in [7, 11) is 0. The first-order chi connectivity index (χ1) is 11.3. The van der Waals surface area contributed by atoms with Crippen molar-refractivity contribution in [2.24, 2.45) is 0 Å². The number of amides is 3. The van der Waals surface area contributed by atoms with Crippen LogP contribution in [-0.2, 0) is 11.0 Å². The molecule has 3 amide bonds. The van der Waals surface area contributed by atoms with Gasteiger partial charge in [-0.3, -0.25) is 10.1 Å². The third kappa shape index (κ3) is 6.32. The molecule has 0 radical (unpaired) electrons. The van der Waals surface area contributed by atoms with E-state index in [1.165, 1.54) is 6.07 Å². The van der Waals surface area contributed by atoms with Crippen LogP contribution in [-0.4, -0.2) is 43.3 Å². The average molecular weight is 349 g/mol. The highest BCUT2D eigenvalue weighted by atomic mass is 19.4. The van der Waals surface area contributed by atoms with Gasteiger partial charge in [-0.15, -0.1) is 0 Å². The Morgan fingerprint density at radius 2 is 2.00 bits per heavy atom. The lowest BCUT2D eigenvalue weighted by Crippen LogP contribution is -2.41. The van der Waals surface area contributed by atoms with Crippen molar-refractivity contribution in [3.05, 3.63) is 23.8 Å². The number of rotatable bonds is 7. The molecule has 0 aromatic heterocycles. The molecular formula is C14H18F3N3O4. The second-order valence-corrected chi connectivity index (χ2v) is 4.54. The number of urea groups is 1. The van der Waals surface area contributed by atoms with Crippen LogP contribution in [0.25, 0.3) is 0 Å². The molecule has 0 saturated heterocycles. The fraction of sp³-hybridized carbons (Fsp3) is 0.429. The predicted molar refractivity (Wildman–Crippen MR) is 79.7 cm³/mol. The van der Waals surface area contributed by atoms with Gasteiger partial charge >= 0.3 is 12.2 Å². The zero-order chi connectivity index (χ0) is 18.2. The molecule has 1 aromatic carbocycles. The lowest BCUT2D eigenvalue weighted by Gasteiger charge is -2.16. The molecule has 134 valence electrons. The van der Waals surface area contributed by atoms with Crippen molar-refractivity contribution < 1.29 is 32.6 Å². The summed E-state index contributed by atoms with van der Waals surface area (Å²) in [5.41, 5.74) is -1.35. The van der Waals surface area contributed by atoms with Gasteiger partial charge < -0.3 is 20.5 Å². The number of anilines is 1. The number of nitrogens with one attached hydrogen (secondary N) is 3. The van der Waals surface area contributed by atoms with Crippen LogP contribution < -0.4 is 20.7 Å². The van der Waals surface area contributed by atoms with Crippen LogP contribution >= 0.6 is 0 Å². The number of halogens is 3.